The predicted octanol–water partition coefficient (Wildman–Crippen LogP) is 5.60. The predicted molar refractivity (Wildman–Crippen MR) is 114 cm³/mol. The van der Waals surface area contributed by atoms with E-state index in [0.717, 1.165) is 12.1 Å². The van der Waals surface area contributed by atoms with Crippen LogP contribution in [0.4, 0.5) is 30.4 Å². The highest BCUT2D eigenvalue weighted by Gasteiger charge is 2.30. The standard InChI is InChI=1S/C22H17ClF3N3O3/c1-13-17(23)8-3-9-18(13)29-19(30)12-32-21(31)16-7-4-10-27-20(16)28-15-6-2-5-14(11-15)22(24,25)26/h2-11H,12H2,1H3,(H,27,28)(H,29,30). The van der Waals surface area contributed by atoms with E-state index in [-0.39, 0.29) is 17.1 Å². The van der Waals surface area contributed by atoms with Crippen molar-refractivity contribution in [3.05, 3.63) is 82.5 Å². The lowest BCUT2D eigenvalue weighted by Gasteiger charge is -2.13. The number of hydrogen-bond acceptors (Lipinski definition) is 5. The number of rotatable bonds is 6. The molecule has 2 N–H and O–H groups in total. The number of nitrogens with zero attached hydrogens (tertiary/aromatic N) is 1. The number of aromatic nitrogens is 1. The van der Waals surface area contributed by atoms with Gasteiger partial charge < -0.3 is 15.4 Å². The first-order valence-corrected chi connectivity index (χ1v) is 9.64. The molecule has 6 nitrogen and oxygen atoms in total. The van der Waals surface area contributed by atoms with Gasteiger partial charge >= 0.3 is 12.1 Å². The summed E-state index contributed by atoms with van der Waals surface area (Å²) in [4.78, 5) is 28.6. The van der Waals surface area contributed by atoms with Crippen LogP contribution in [0, 0.1) is 6.92 Å². The summed E-state index contributed by atoms with van der Waals surface area (Å²) in [5.74, 6) is -1.46. The van der Waals surface area contributed by atoms with Crippen molar-refractivity contribution < 1.29 is 27.5 Å². The Hall–Kier alpha value is -3.59. The molecule has 10 heteroatoms. The van der Waals surface area contributed by atoms with Gasteiger partial charge in [0.25, 0.3) is 5.91 Å². The number of carbonyl (C=O) groups is 2. The van der Waals surface area contributed by atoms with E-state index in [0.29, 0.717) is 16.3 Å². The van der Waals surface area contributed by atoms with Crippen LogP contribution in [0.5, 0.6) is 0 Å². The minimum Gasteiger partial charge on any atom is -0.452 e. The fraction of sp³-hybridized carbons (Fsp3) is 0.136. The molecule has 166 valence electrons. The van der Waals surface area contributed by atoms with Crippen LogP contribution in [0.3, 0.4) is 0 Å². The number of halogens is 4. The third kappa shape index (κ3) is 5.76. The molecular weight excluding hydrogens is 447 g/mol. The van der Waals surface area contributed by atoms with Crippen LogP contribution < -0.4 is 10.6 Å². The van der Waals surface area contributed by atoms with Crippen LogP contribution in [-0.2, 0) is 15.7 Å². The Bertz CT molecular complexity index is 1150. The van der Waals surface area contributed by atoms with Crippen molar-refractivity contribution in [1.29, 1.82) is 0 Å². The summed E-state index contributed by atoms with van der Waals surface area (Å²) >= 11 is 6.01. The molecule has 0 saturated carbocycles. The van der Waals surface area contributed by atoms with E-state index < -0.39 is 30.2 Å². The molecule has 0 aliphatic carbocycles. The first-order chi connectivity index (χ1) is 15.1. The lowest BCUT2D eigenvalue weighted by Crippen LogP contribution is -2.22. The largest absolute Gasteiger partial charge is 0.452 e. The topological polar surface area (TPSA) is 80.3 Å². The Labute approximate surface area is 186 Å². The van der Waals surface area contributed by atoms with Crippen LogP contribution in [0.25, 0.3) is 0 Å². The van der Waals surface area contributed by atoms with Crippen molar-refractivity contribution in [2.45, 2.75) is 13.1 Å². The number of benzene rings is 2. The summed E-state index contributed by atoms with van der Waals surface area (Å²) in [7, 11) is 0. The fourth-order valence-electron chi connectivity index (χ4n) is 2.72. The van der Waals surface area contributed by atoms with Crippen molar-refractivity contribution in [2.75, 3.05) is 17.2 Å². The Morgan fingerprint density at radius 2 is 1.84 bits per heavy atom. The molecule has 1 heterocycles. The molecule has 1 aromatic heterocycles. The molecule has 0 radical (unpaired) electrons. The summed E-state index contributed by atoms with van der Waals surface area (Å²) in [6, 6.07) is 12.3. The molecule has 0 spiro atoms. The molecule has 0 aliphatic rings. The van der Waals surface area contributed by atoms with Gasteiger partial charge in [-0.05, 0) is 55.0 Å². The Morgan fingerprint density at radius 1 is 1.09 bits per heavy atom. The average Bonchev–Trinajstić information content (AvgIpc) is 2.75. The maximum atomic E-state index is 12.9. The summed E-state index contributed by atoms with van der Waals surface area (Å²) < 4.78 is 43.8. The normalized spacial score (nSPS) is 11.0. The number of pyridine rings is 1. The summed E-state index contributed by atoms with van der Waals surface area (Å²) in [6.07, 6.45) is -3.15. The summed E-state index contributed by atoms with van der Waals surface area (Å²) in [5.41, 5.74) is 0.328. The molecule has 0 bridgehead atoms. The molecule has 2 aromatic carbocycles. The van der Waals surface area contributed by atoms with Gasteiger partial charge in [0.05, 0.1) is 5.56 Å². The maximum Gasteiger partial charge on any atom is 0.416 e. The van der Waals surface area contributed by atoms with Crippen LogP contribution >= 0.6 is 11.6 Å². The average molecular weight is 464 g/mol. The van der Waals surface area contributed by atoms with E-state index in [9.17, 15) is 22.8 Å². The molecule has 32 heavy (non-hydrogen) atoms. The van der Waals surface area contributed by atoms with Gasteiger partial charge in [0.15, 0.2) is 6.61 Å². The minimum absolute atomic E-state index is 0.0112. The van der Waals surface area contributed by atoms with Gasteiger partial charge in [-0.25, -0.2) is 9.78 Å². The second-order valence-corrected chi connectivity index (χ2v) is 7.05. The van der Waals surface area contributed by atoms with E-state index in [1.165, 1.54) is 30.5 Å². The third-order valence-electron chi connectivity index (χ3n) is 4.36. The minimum atomic E-state index is -4.52. The number of hydrogen-bond donors (Lipinski definition) is 2. The number of nitrogens with one attached hydrogen (secondary N) is 2. The molecule has 3 aromatic rings. The van der Waals surface area contributed by atoms with Gasteiger partial charge in [-0.2, -0.15) is 13.2 Å². The van der Waals surface area contributed by atoms with Crippen molar-refractivity contribution in [1.82, 2.24) is 4.98 Å². The maximum absolute atomic E-state index is 12.9. The zero-order valence-electron chi connectivity index (χ0n) is 16.7. The number of ether oxygens (including phenoxy) is 1. The van der Waals surface area contributed by atoms with Gasteiger partial charge in [0.2, 0.25) is 0 Å². The highest BCUT2D eigenvalue weighted by molar-refractivity contribution is 6.31. The SMILES string of the molecule is Cc1c(Cl)cccc1NC(=O)COC(=O)c1cccnc1Nc1cccc(C(F)(F)F)c1. The third-order valence-corrected chi connectivity index (χ3v) is 4.77. The Kier molecular flexibility index (Phi) is 6.99. The van der Waals surface area contributed by atoms with Gasteiger partial charge in [0.1, 0.15) is 11.4 Å². The zero-order chi connectivity index (χ0) is 23.3. The van der Waals surface area contributed by atoms with E-state index in [1.54, 1.807) is 25.1 Å². The lowest BCUT2D eigenvalue weighted by molar-refractivity contribution is -0.137. The fourth-order valence-corrected chi connectivity index (χ4v) is 2.89. The Balaban J connectivity index is 1.68. The summed E-state index contributed by atoms with van der Waals surface area (Å²) in [5, 5.41) is 5.75. The van der Waals surface area contributed by atoms with E-state index in [2.05, 4.69) is 15.6 Å². The monoisotopic (exact) mass is 463 g/mol. The summed E-state index contributed by atoms with van der Waals surface area (Å²) in [6.45, 7) is 1.15. The van der Waals surface area contributed by atoms with Crippen molar-refractivity contribution in [3.8, 4) is 0 Å². The molecule has 1 amide bonds. The second kappa shape index (κ2) is 9.69. The molecule has 0 saturated heterocycles. The van der Waals surface area contributed by atoms with Crippen LogP contribution in [-0.4, -0.2) is 23.5 Å². The molecular formula is C22H17ClF3N3O3. The molecule has 0 fully saturated rings. The number of esters is 1. The molecule has 0 atom stereocenters. The Morgan fingerprint density at radius 3 is 2.59 bits per heavy atom. The first kappa shape index (κ1) is 23.1. The molecule has 0 aliphatic heterocycles. The van der Waals surface area contributed by atoms with Gasteiger partial charge in [0, 0.05) is 22.6 Å². The first-order valence-electron chi connectivity index (χ1n) is 9.26. The lowest BCUT2D eigenvalue weighted by atomic mass is 10.2. The van der Waals surface area contributed by atoms with Crippen molar-refractivity contribution in [3.63, 3.8) is 0 Å². The quantitative estimate of drug-likeness (QED) is 0.465. The van der Waals surface area contributed by atoms with E-state index in [4.69, 9.17) is 16.3 Å². The van der Waals surface area contributed by atoms with Crippen molar-refractivity contribution >= 4 is 40.7 Å². The van der Waals surface area contributed by atoms with E-state index >= 15 is 0 Å². The number of anilines is 3. The smallest absolute Gasteiger partial charge is 0.416 e. The van der Waals surface area contributed by atoms with Crippen LogP contribution in [0.1, 0.15) is 21.5 Å². The van der Waals surface area contributed by atoms with Crippen molar-refractivity contribution in [2.24, 2.45) is 0 Å². The van der Waals surface area contributed by atoms with Crippen LogP contribution in [0.15, 0.2) is 60.8 Å². The van der Waals surface area contributed by atoms with E-state index in [1.807, 2.05) is 0 Å². The zero-order valence-corrected chi connectivity index (χ0v) is 17.4. The van der Waals surface area contributed by atoms with Gasteiger partial charge in [-0.1, -0.05) is 23.7 Å². The number of amides is 1. The highest BCUT2D eigenvalue weighted by atomic mass is 35.5. The highest BCUT2D eigenvalue weighted by Crippen LogP contribution is 2.31. The number of alkyl halides is 3. The molecule has 0 unspecified atom stereocenters. The van der Waals surface area contributed by atoms with Gasteiger partial charge in [-0.3, -0.25) is 4.79 Å². The number of carbonyl (C=O) groups excluding carboxylic acids is 2. The molecule has 3 rings (SSSR count). The van der Waals surface area contributed by atoms with Crippen LogP contribution in [0.2, 0.25) is 5.02 Å². The second-order valence-electron chi connectivity index (χ2n) is 6.64. The van der Waals surface area contributed by atoms with Gasteiger partial charge in [-0.15, -0.1) is 0 Å².